The summed E-state index contributed by atoms with van der Waals surface area (Å²) in [5.74, 6) is -0.254. The first-order valence-electron chi connectivity index (χ1n) is 5.06. The van der Waals surface area contributed by atoms with Crippen LogP contribution in [-0.2, 0) is 4.79 Å². The first-order valence-corrected chi connectivity index (χ1v) is 5.06. The molecule has 0 aliphatic carbocycles. The molecule has 0 bridgehead atoms. The fourth-order valence-electron chi connectivity index (χ4n) is 1.25. The monoisotopic (exact) mass is 186 g/mol. The molecule has 0 aromatic carbocycles. The van der Waals surface area contributed by atoms with E-state index in [9.17, 15) is 4.79 Å². The largest absolute Gasteiger partial charge is 0.368 e. The Kier molecular flexibility index (Phi) is 4.99. The summed E-state index contributed by atoms with van der Waals surface area (Å²) >= 11 is 0. The molecule has 0 fully saturated rings. The molecule has 13 heavy (non-hydrogen) atoms. The maximum Gasteiger partial charge on any atom is 0.234 e. The number of nitrogens with two attached hydrogens (primary N) is 1. The number of carbonyl (C=O) groups excluding carboxylic acids is 1. The van der Waals surface area contributed by atoms with Gasteiger partial charge in [0.2, 0.25) is 5.91 Å². The van der Waals surface area contributed by atoms with Crippen LogP contribution in [0.3, 0.4) is 0 Å². The minimum Gasteiger partial charge on any atom is -0.368 e. The van der Waals surface area contributed by atoms with Crippen molar-refractivity contribution in [3.63, 3.8) is 0 Å². The first-order chi connectivity index (χ1) is 5.99. The highest BCUT2D eigenvalue weighted by Crippen LogP contribution is 2.15. The number of carbonyl (C=O) groups is 1. The van der Waals surface area contributed by atoms with Gasteiger partial charge < -0.3 is 11.1 Å². The van der Waals surface area contributed by atoms with Gasteiger partial charge in [-0.25, -0.2) is 0 Å². The quantitative estimate of drug-likeness (QED) is 0.659. The lowest BCUT2D eigenvalue weighted by Gasteiger charge is -2.32. The minimum atomic E-state index is -0.254. The Labute approximate surface area is 81.1 Å². The van der Waals surface area contributed by atoms with Gasteiger partial charge in [0.25, 0.3) is 0 Å². The zero-order chi connectivity index (χ0) is 10.5. The van der Waals surface area contributed by atoms with E-state index < -0.39 is 0 Å². The predicted octanol–water partition coefficient (Wildman–Crippen LogP) is 1.42. The van der Waals surface area contributed by atoms with E-state index in [0.717, 1.165) is 19.3 Å². The Hall–Kier alpha value is -0.570. The smallest absolute Gasteiger partial charge is 0.234 e. The molecule has 3 nitrogen and oxygen atoms in total. The molecule has 0 rings (SSSR count). The summed E-state index contributed by atoms with van der Waals surface area (Å²) in [5.41, 5.74) is 5.30. The Morgan fingerprint density at radius 2 is 1.85 bits per heavy atom. The van der Waals surface area contributed by atoms with Crippen LogP contribution in [0.15, 0.2) is 0 Å². The van der Waals surface area contributed by atoms with E-state index in [1.54, 1.807) is 0 Å². The molecular formula is C10H22N2O. The molecule has 3 heteroatoms. The summed E-state index contributed by atoms with van der Waals surface area (Å²) in [4.78, 5) is 11.0. The van der Waals surface area contributed by atoms with Crippen molar-refractivity contribution in [1.82, 2.24) is 5.32 Å². The van der Waals surface area contributed by atoms with Crippen molar-refractivity contribution >= 4 is 5.91 Å². The van der Waals surface area contributed by atoms with Crippen LogP contribution in [0.25, 0.3) is 0 Å². The summed E-state index contributed by atoms with van der Waals surface area (Å²) in [6, 6.07) is -0.190. The van der Waals surface area contributed by atoms with Crippen LogP contribution in [0.4, 0.5) is 0 Å². The van der Waals surface area contributed by atoms with Gasteiger partial charge in [-0.15, -0.1) is 0 Å². The number of hydrogen-bond acceptors (Lipinski definition) is 2. The van der Waals surface area contributed by atoms with Gasteiger partial charge in [-0.1, -0.05) is 20.8 Å². The van der Waals surface area contributed by atoms with E-state index in [0.29, 0.717) is 0 Å². The van der Waals surface area contributed by atoms with E-state index in [1.807, 2.05) is 6.92 Å². The molecule has 0 spiro atoms. The SMILES string of the molecule is CCC(NC(C)(CC)CC)C(N)=O. The average Bonchev–Trinajstić information content (AvgIpc) is 2.13. The van der Waals surface area contributed by atoms with Gasteiger partial charge in [-0.2, -0.15) is 0 Å². The predicted molar refractivity (Wildman–Crippen MR) is 55.4 cm³/mol. The lowest BCUT2D eigenvalue weighted by Crippen LogP contribution is -2.52. The molecule has 1 atom stereocenters. The Bertz CT molecular complexity index is 164. The van der Waals surface area contributed by atoms with Crippen LogP contribution in [0.2, 0.25) is 0 Å². The number of nitrogens with one attached hydrogen (secondary N) is 1. The van der Waals surface area contributed by atoms with Crippen molar-refractivity contribution in [2.45, 2.75) is 58.5 Å². The van der Waals surface area contributed by atoms with Crippen molar-refractivity contribution < 1.29 is 4.79 Å². The summed E-state index contributed by atoms with van der Waals surface area (Å²) in [6.07, 6.45) is 2.77. The Balaban J connectivity index is 4.27. The molecule has 0 heterocycles. The van der Waals surface area contributed by atoms with E-state index in [2.05, 4.69) is 26.1 Å². The maximum atomic E-state index is 11.0. The molecule has 3 N–H and O–H groups in total. The summed E-state index contributed by atoms with van der Waals surface area (Å²) in [5, 5.41) is 3.30. The fraction of sp³-hybridized carbons (Fsp3) is 0.900. The molecule has 0 aromatic rings. The Morgan fingerprint density at radius 3 is 2.08 bits per heavy atom. The molecular weight excluding hydrogens is 164 g/mol. The topological polar surface area (TPSA) is 55.1 Å². The van der Waals surface area contributed by atoms with Crippen molar-refractivity contribution in [3.05, 3.63) is 0 Å². The molecule has 1 amide bonds. The number of amides is 1. The normalized spacial score (nSPS) is 14.2. The van der Waals surface area contributed by atoms with Gasteiger partial charge in [0.15, 0.2) is 0 Å². The summed E-state index contributed by atoms with van der Waals surface area (Å²) in [6.45, 7) is 8.32. The van der Waals surface area contributed by atoms with Gasteiger partial charge >= 0.3 is 0 Å². The van der Waals surface area contributed by atoms with Crippen LogP contribution in [0, 0.1) is 0 Å². The number of primary amides is 1. The molecule has 0 radical (unpaired) electrons. The number of rotatable bonds is 6. The van der Waals surface area contributed by atoms with Gasteiger partial charge in [-0.3, -0.25) is 4.79 Å². The third-order valence-electron chi connectivity index (χ3n) is 2.84. The van der Waals surface area contributed by atoms with Gasteiger partial charge in [0.1, 0.15) is 0 Å². The second kappa shape index (κ2) is 5.22. The zero-order valence-corrected chi connectivity index (χ0v) is 9.18. The third kappa shape index (κ3) is 3.77. The first kappa shape index (κ1) is 12.4. The zero-order valence-electron chi connectivity index (χ0n) is 9.18. The second-order valence-electron chi connectivity index (χ2n) is 3.78. The summed E-state index contributed by atoms with van der Waals surface area (Å²) < 4.78 is 0. The highest BCUT2D eigenvalue weighted by atomic mass is 16.1. The number of hydrogen-bond donors (Lipinski definition) is 2. The second-order valence-corrected chi connectivity index (χ2v) is 3.78. The molecule has 0 saturated carbocycles. The third-order valence-corrected chi connectivity index (χ3v) is 2.84. The van der Waals surface area contributed by atoms with E-state index in [1.165, 1.54) is 0 Å². The lowest BCUT2D eigenvalue weighted by molar-refractivity contribution is -0.120. The molecule has 0 aromatic heterocycles. The standard InChI is InChI=1S/C10H22N2O/c1-5-8(9(11)13)12-10(4,6-2)7-3/h8,12H,5-7H2,1-4H3,(H2,11,13). The fourth-order valence-corrected chi connectivity index (χ4v) is 1.25. The van der Waals surface area contributed by atoms with Gasteiger partial charge in [-0.05, 0) is 26.2 Å². The highest BCUT2D eigenvalue weighted by molar-refractivity contribution is 5.79. The van der Waals surface area contributed by atoms with Crippen LogP contribution in [0.5, 0.6) is 0 Å². The highest BCUT2D eigenvalue weighted by Gasteiger charge is 2.24. The van der Waals surface area contributed by atoms with Crippen molar-refractivity contribution in [2.75, 3.05) is 0 Å². The van der Waals surface area contributed by atoms with Crippen molar-refractivity contribution in [3.8, 4) is 0 Å². The van der Waals surface area contributed by atoms with Crippen LogP contribution < -0.4 is 11.1 Å². The lowest BCUT2D eigenvalue weighted by atomic mass is 9.94. The van der Waals surface area contributed by atoms with Gasteiger partial charge in [0, 0.05) is 5.54 Å². The Morgan fingerprint density at radius 1 is 1.38 bits per heavy atom. The van der Waals surface area contributed by atoms with Crippen LogP contribution >= 0.6 is 0 Å². The van der Waals surface area contributed by atoms with Crippen molar-refractivity contribution in [2.24, 2.45) is 5.73 Å². The molecule has 0 aliphatic heterocycles. The molecule has 0 saturated heterocycles. The molecule has 78 valence electrons. The van der Waals surface area contributed by atoms with E-state index in [4.69, 9.17) is 5.73 Å². The minimum absolute atomic E-state index is 0.0374. The molecule has 1 unspecified atom stereocenters. The van der Waals surface area contributed by atoms with Crippen LogP contribution in [-0.4, -0.2) is 17.5 Å². The molecule has 0 aliphatic rings. The van der Waals surface area contributed by atoms with Gasteiger partial charge in [0.05, 0.1) is 6.04 Å². The van der Waals surface area contributed by atoms with E-state index in [-0.39, 0.29) is 17.5 Å². The maximum absolute atomic E-state index is 11.0. The average molecular weight is 186 g/mol. The van der Waals surface area contributed by atoms with E-state index >= 15 is 0 Å². The van der Waals surface area contributed by atoms with Crippen molar-refractivity contribution in [1.29, 1.82) is 0 Å². The van der Waals surface area contributed by atoms with Crippen LogP contribution in [0.1, 0.15) is 47.0 Å². The summed E-state index contributed by atoms with van der Waals surface area (Å²) in [7, 11) is 0.